The van der Waals surface area contributed by atoms with Gasteiger partial charge in [-0.25, -0.2) is 13.1 Å². The second-order valence-corrected chi connectivity index (χ2v) is 6.88. The fourth-order valence-corrected chi connectivity index (χ4v) is 3.77. The normalized spacial score (nSPS) is 35.5. The van der Waals surface area contributed by atoms with Gasteiger partial charge < -0.3 is 10.1 Å². The first kappa shape index (κ1) is 12.3. The quantitative estimate of drug-likeness (QED) is 0.709. The van der Waals surface area contributed by atoms with Crippen LogP contribution in [-0.4, -0.2) is 45.5 Å². The van der Waals surface area contributed by atoms with Crippen molar-refractivity contribution in [1.29, 1.82) is 0 Å². The average molecular weight is 248 g/mol. The van der Waals surface area contributed by atoms with E-state index in [0.717, 1.165) is 19.3 Å². The highest BCUT2D eigenvalue weighted by atomic mass is 32.2. The Balaban J connectivity index is 1.94. The van der Waals surface area contributed by atoms with Crippen LogP contribution in [-0.2, 0) is 14.8 Å². The van der Waals surface area contributed by atoms with Gasteiger partial charge in [0.1, 0.15) is 0 Å². The highest BCUT2D eigenvalue weighted by Gasteiger charge is 2.42. The molecule has 0 aromatic heterocycles. The second-order valence-electron chi connectivity index (χ2n) is 4.75. The van der Waals surface area contributed by atoms with Crippen molar-refractivity contribution in [2.24, 2.45) is 0 Å². The van der Waals surface area contributed by atoms with Crippen molar-refractivity contribution in [3.05, 3.63) is 0 Å². The molecule has 2 heterocycles. The molecule has 2 saturated heterocycles. The summed E-state index contributed by atoms with van der Waals surface area (Å²) >= 11 is 0. The van der Waals surface area contributed by atoms with E-state index in [9.17, 15) is 8.42 Å². The Hall–Kier alpha value is -0.170. The van der Waals surface area contributed by atoms with Gasteiger partial charge in [0, 0.05) is 6.54 Å². The molecule has 0 aromatic carbocycles. The van der Waals surface area contributed by atoms with Crippen molar-refractivity contribution >= 4 is 10.0 Å². The van der Waals surface area contributed by atoms with Crippen LogP contribution in [0.25, 0.3) is 0 Å². The van der Waals surface area contributed by atoms with Gasteiger partial charge in [0.05, 0.1) is 23.5 Å². The molecule has 2 aliphatic rings. The van der Waals surface area contributed by atoms with Gasteiger partial charge in [-0.15, -0.1) is 0 Å². The monoisotopic (exact) mass is 248 g/mol. The number of rotatable bonds is 5. The molecular formula is C10H20N2O3S. The Labute approximate surface area is 97.0 Å². The van der Waals surface area contributed by atoms with E-state index in [1.54, 1.807) is 14.0 Å². The van der Waals surface area contributed by atoms with Gasteiger partial charge in [0.2, 0.25) is 10.0 Å². The molecule has 0 saturated carbocycles. The third-order valence-electron chi connectivity index (χ3n) is 3.44. The molecule has 16 heavy (non-hydrogen) atoms. The van der Waals surface area contributed by atoms with Crippen LogP contribution in [0, 0.1) is 0 Å². The van der Waals surface area contributed by atoms with Crippen LogP contribution < -0.4 is 10.0 Å². The third-order valence-corrected chi connectivity index (χ3v) is 5.30. The lowest BCUT2D eigenvalue weighted by molar-refractivity contribution is 0.0995. The first-order valence-corrected chi connectivity index (χ1v) is 7.39. The number of nitrogens with one attached hydrogen (secondary N) is 2. The maximum absolute atomic E-state index is 11.9. The summed E-state index contributed by atoms with van der Waals surface area (Å²) in [6, 6.07) is -0.0111. The summed E-state index contributed by atoms with van der Waals surface area (Å²) < 4.78 is 32.3. The first-order valence-electron chi connectivity index (χ1n) is 5.84. The standard InChI is InChI=1S/C10H20N2O3S/c1-7(6-11-2)16(13,14)12-9-5-8-3-4-10(9)15-8/h7-12H,3-6H2,1-2H3. The van der Waals surface area contributed by atoms with Crippen molar-refractivity contribution in [3.63, 3.8) is 0 Å². The molecule has 2 fully saturated rings. The molecule has 2 rings (SSSR count). The maximum Gasteiger partial charge on any atom is 0.215 e. The molecule has 4 unspecified atom stereocenters. The summed E-state index contributed by atoms with van der Waals surface area (Å²) in [5.41, 5.74) is 0. The third kappa shape index (κ3) is 2.40. The van der Waals surface area contributed by atoms with Crippen LogP contribution in [0.3, 0.4) is 0 Å². The Morgan fingerprint density at radius 3 is 2.69 bits per heavy atom. The van der Waals surface area contributed by atoms with E-state index in [1.165, 1.54) is 0 Å². The van der Waals surface area contributed by atoms with Gasteiger partial charge in [-0.1, -0.05) is 0 Å². The zero-order chi connectivity index (χ0) is 11.8. The second kappa shape index (κ2) is 4.60. The van der Waals surface area contributed by atoms with Crippen molar-refractivity contribution in [2.45, 2.75) is 49.7 Å². The lowest BCUT2D eigenvalue weighted by Crippen LogP contribution is -2.46. The molecule has 6 heteroatoms. The summed E-state index contributed by atoms with van der Waals surface area (Å²) in [4.78, 5) is 0. The average Bonchev–Trinajstić information content (AvgIpc) is 2.78. The van der Waals surface area contributed by atoms with Crippen LogP contribution in [0.5, 0.6) is 0 Å². The summed E-state index contributed by atoms with van der Waals surface area (Å²) in [6.45, 7) is 2.18. The maximum atomic E-state index is 11.9. The van der Waals surface area contributed by atoms with Gasteiger partial charge in [0.25, 0.3) is 0 Å². The Morgan fingerprint density at radius 2 is 2.19 bits per heavy atom. The SMILES string of the molecule is CNCC(C)S(=O)(=O)NC1CC2CCC1O2. The molecule has 2 N–H and O–H groups in total. The first-order chi connectivity index (χ1) is 7.53. The zero-order valence-electron chi connectivity index (χ0n) is 9.77. The van der Waals surface area contributed by atoms with Crippen molar-refractivity contribution in [1.82, 2.24) is 10.0 Å². The van der Waals surface area contributed by atoms with E-state index in [-0.39, 0.29) is 18.2 Å². The van der Waals surface area contributed by atoms with Gasteiger partial charge in [-0.05, 0) is 33.2 Å². The van der Waals surface area contributed by atoms with Gasteiger partial charge in [-0.3, -0.25) is 0 Å². The molecule has 5 nitrogen and oxygen atoms in total. The zero-order valence-corrected chi connectivity index (χ0v) is 10.6. The number of ether oxygens (including phenoxy) is 1. The van der Waals surface area contributed by atoms with Crippen LogP contribution >= 0.6 is 0 Å². The minimum absolute atomic E-state index is 0.0111. The molecule has 0 aliphatic carbocycles. The molecular weight excluding hydrogens is 228 g/mol. The Bertz CT molecular complexity index is 344. The topological polar surface area (TPSA) is 67.4 Å². The van der Waals surface area contributed by atoms with Crippen LogP contribution in [0.4, 0.5) is 0 Å². The fraction of sp³-hybridized carbons (Fsp3) is 1.00. The fourth-order valence-electron chi connectivity index (χ4n) is 2.49. The number of hydrogen-bond acceptors (Lipinski definition) is 4. The van der Waals surface area contributed by atoms with E-state index >= 15 is 0 Å². The van der Waals surface area contributed by atoms with Crippen LogP contribution in [0.1, 0.15) is 26.2 Å². The van der Waals surface area contributed by atoms with E-state index in [1.807, 2.05) is 0 Å². The lowest BCUT2D eigenvalue weighted by Gasteiger charge is -2.22. The summed E-state index contributed by atoms with van der Waals surface area (Å²) in [5.74, 6) is 0. The molecule has 0 radical (unpaired) electrons. The summed E-state index contributed by atoms with van der Waals surface area (Å²) in [7, 11) is -1.46. The molecule has 0 amide bonds. The van der Waals surface area contributed by atoms with Crippen molar-refractivity contribution in [2.75, 3.05) is 13.6 Å². The van der Waals surface area contributed by atoms with E-state index in [4.69, 9.17) is 4.74 Å². The molecule has 4 atom stereocenters. The Morgan fingerprint density at radius 1 is 1.44 bits per heavy atom. The highest BCUT2D eigenvalue weighted by Crippen LogP contribution is 2.34. The van der Waals surface area contributed by atoms with E-state index in [0.29, 0.717) is 6.54 Å². The van der Waals surface area contributed by atoms with Gasteiger partial charge >= 0.3 is 0 Å². The Kier molecular flexibility index (Phi) is 3.53. The summed E-state index contributed by atoms with van der Waals surface area (Å²) in [6.07, 6.45) is 3.27. The van der Waals surface area contributed by atoms with Gasteiger partial charge in [0.15, 0.2) is 0 Å². The highest BCUT2D eigenvalue weighted by molar-refractivity contribution is 7.90. The largest absolute Gasteiger partial charge is 0.373 e. The van der Waals surface area contributed by atoms with E-state index < -0.39 is 15.3 Å². The van der Waals surface area contributed by atoms with E-state index in [2.05, 4.69) is 10.0 Å². The number of sulfonamides is 1. The molecule has 0 aromatic rings. The molecule has 2 bridgehead atoms. The van der Waals surface area contributed by atoms with Crippen molar-refractivity contribution < 1.29 is 13.2 Å². The predicted octanol–water partition coefficient (Wildman–Crippen LogP) is -0.166. The minimum Gasteiger partial charge on any atom is -0.373 e. The number of hydrogen-bond donors (Lipinski definition) is 2. The molecule has 94 valence electrons. The minimum atomic E-state index is -3.22. The molecule has 0 spiro atoms. The van der Waals surface area contributed by atoms with Crippen LogP contribution in [0.15, 0.2) is 0 Å². The lowest BCUT2D eigenvalue weighted by atomic mass is 9.96. The predicted molar refractivity (Wildman–Crippen MR) is 61.7 cm³/mol. The van der Waals surface area contributed by atoms with Crippen molar-refractivity contribution in [3.8, 4) is 0 Å². The summed E-state index contributed by atoms with van der Waals surface area (Å²) in [5, 5.41) is 2.48. The smallest absolute Gasteiger partial charge is 0.215 e. The van der Waals surface area contributed by atoms with Crippen LogP contribution in [0.2, 0.25) is 0 Å². The van der Waals surface area contributed by atoms with Gasteiger partial charge in [-0.2, -0.15) is 0 Å². The molecule has 2 aliphatic heterocycles. The number of fused-ring (bicyclic) bond motifs is 2.